The van der Waals surface area contributed by atoms with Gasteiger partial charge in [0.1, 0.15) is 0 Å². The summed E-state index contributed by atoms with van der Waals surface area (Å²) >= 11 is 1.70. The number of carbonyl (C=O) groups excluding carboxylic acids is 2. The predicted octanol–water partition coefficient (Wildman–Crippen LogP) is 1.44. The van der Waals surface area contributed by atoms with Crippen molar-refractivity contribution in [2.45, 2.75) is 63.2 Å². The van der Waals surface area contributed by atoms with Crippen LogP contribution < -0.4 is 5.32 Å². The first-order valence-electron chi connectivity index (χ1n) is 11.3. The number of carbonyl (C=O) groups is 3. The Labute approximate surface area is 189 Å². The van der Waals surface area contributed by atoms with Crippen molar-refractivity contribution in [3.8, 4) is 0 Å². The molecule has 0 aromatic rings. The summed E-state index contributed by atoms with van der Waals surface area (Å²) < 4.78 is 6.47. The number of nitrogens with one attached hydrogen (secondary N) is 1. The summed E-state index contributed by atoms with van der Waals surface area (Å²) in [5.41, 5.74) is -0.610. The molecule has 4 fully saturated rings. The van der Waals surface area contributed by atoms with Gasteiger partial charge in [0, 0.05) is 37.1 Å². The summed E-state index contributed by atoms with van der Waals surface area (Å²) in [5, 5.41) is 10.0. The van der Waals surface area contributed by atoms with Gasteiger partial charge in [-0.1, -0.05) is 0 Å². The standard InChI is InChI=1S/C21H35N3O3S.CH2O2/c1-20(2,24-9-4-5-10-24)19(26)23-13-16-15(12-22-18(25)7-11-28-3)17-6-8-21(16,14-23)27-17;2-1-3/h15-17H,4-14H2,1-3H3,(H,22,25);1H,(H,2,3)/t15-,16+,17+,21+;/m0./s1. The number of hydrogen-bond donors (Lipinski definition) is 2. The molecular formula is C22H37N3O5S. The Bertz CT molecular complexity index is 670. The van der Waals surface area contributed by atoms with Crippen LogP contribution in [-0.4, -0.2) is 95.2 Å². The Kier molecular flexibility index (Phi) is 7.91. The fourth-order valence-electron chi connectivity index (χ4n) is 5.93. The van der Waals surface area contributed by atoms with Crippen LogP contribution in [0, 0.1) is 11.8 Å². The summed E-state index contributed by atoms with van der Waals surface area (Å²) in [7, 11) is 0. The highest BCUT2D eigenvalue weighted by Gasteiger charge is 2.64. The zero-order valence-corrected chi connectivity index (χ0v) is 19.8. The first kappa shape index (κ1) is 24.3. The van der Waals surface area contributed by atoms with Gasteiger partial charge >= 0.3 is 0 Å². The van der Waals surface area contributed by atoms with Crippen molar-refractivity contribution in [3.05, 3.63) is 0 Å². The van der Waals surface area contributed by atoms with E-state index < -0.39 is 5.54 Å². The first-order valence-corrected chi connectivity index (χ1v) is 12.7. The monoisotopic (exact) mass is 455 g/mol. The Balaban J connectivity index is 0.000000858. The van der Waals surface area contributed by atoms with Crippen LogP contribution in [0.5, 0.6) is 0 Å². The van der Waals surface area contributed by atoms with Gasteiger partial charge in [0.15, 0.2) is 0 Å². The van der Waals surface area contributed by atoms with E-state index in [1.165, 1.54) is 12.8 Å². The van der Waals surface area contributed by atoms with Crippen LogP contribution in [0.3, 0.4) is 0 Å². The van der Waals surface area contributed by atoms with Gasteiger partial charge in [-0.3, -0.25) is 19.3 Å². The average Bonchev–Trinajstić information content (AvgIpc) is 3.51. The minimum atomic E-state index is -0.439. The lowest BCUT2D eigenvalue weighted by molar-refractivity contribution is -0.142. The highest BCUT2D eigenvalue weighted by atomic mass is 32.2. The van der Waals surface area contributed by atoms with Crippen molar-refractivity contribution in [1.82, 2.24) is 15.1 Å². The van der Waals surface area contributed by atoms with E-state index in [4.69, 9.17) is 14.6 Å². The van der Waals surface area contributed by atoms with Crippen molar-refractivity contribution in [1.29, 1.82) is 0 Å². The van der Waals surface area contributed by atoms with Gasteiger partial charge in [-0.15, -0.1) is 0 Å². The Morgan fingerprint density at radius 3 is 2.65 bits per heavy atom. The van der Waals surface area contributed by atoms with Crippen LogP contribution in [-0.2, 0) is 19.1 Å². The minimum Gasteiger partial charge on any atom is -0.483 e. The molecule has 4 aliphatic rings. The maximum atomic E-state index is 13.4. The van der Waals surface area contributed by atoms with Crippen LogP contribution in [0.25, 0.3) is 0 Å². The zero-order valence-electron chi connectivity index (χ0n) is 19.0. The van der Waals surface area contributed by atoms with Crippen molar-refractivity contribution < 1.29 is 24.2 Å². The lowest BCUT2D eigenvalue weighted by Gasteiger charge is -2.37. The Morgan fingerprint density at radius 1 is 1.32 bits per heavy atom. The van der Waals surface area contributed by atoms with E-state index >= 15 is 0 Å². The average molecular weight is 456 g/mol. The number of fused-ring (bicyclic) bond motifs is 1. The Morgan fingerprint density at radius 2 is 2.00 bits per heavy atom. The molecule has 4 heterocycles. The fourth-order valence-corrected chi connectivity index (χ4v) is 6.32. The number of rotatable bonds is 7. The number of nitrogens with zero attached hydrogens (tertiary/aromatic N) is 2. The van der Waals surface area contributed by atoms with Gasteiger partial charge in [-0.2, -0.15) is 11.8 Å². The molecule has 4 aliphatic heterocycles. The van der Waals surface area contributed by atoms with Gasteiger partial charge in [-0.25, -0.2) is 0 Å². The predicted molar refractivity (Wildman–Crippen MR) is 120 cm³/mol. The molecule has 8 nitrogen and oxygen atoms in total. The summed E-state index contributed by atoms with van der Waals surface area (Å²) in [5.74, 6) is 1.92. The molecule has 4 saturated heterocycles. The second-order valence-electron chi connectivity index (χ2n) is 9.62. The maximum absolute atomic E-state index is 13.4. The number of carboxylic acid groups (broad SMARTS) is 1. The molecule has 0 aliphatic carbocycles. The Hall–Kier alpha value is -1.32. The van der Waals surface area contributed by atoms with Gasteiger partial charge in [0.05, 0.1) is 23.8 Å². The van der Waals surface area contributed by atoms with Crippen molar-refractivity contribution in [2.24, 2.45) is 11.8 Å². The van der Waals surface area contributed by atoms with Crippen molar-refractivity contribution in [3.63, 3.8) is 0 Å². The summed E-state index contributed by atoms with van der Waals surface area (Å²) in [6, 6.07) is 0. The van der Waals surface area contributed by atoms with E-state index in [0.717, 1.165) is 44.8 Å². The van der Waals surface area contributed by atoms with E-state index in [-0.39, 0.29) is 30.0 Å². The minimum absolute atomic E-state index is 0.132. The smallest absolute Gasteiger partial charge is 0.290 e. The second-order valence-corrected chi connectivity index (χ2v) is 10.6. The van der Waals surface area contributed by atoms with E-state index in [9.17, 15) is 9.59 Å². The molecular weight excluding hydrogens is 418 g/mol. The van der Waals surface area contributed by atoms with Gasteiger partial charge in [-0.05, 0) is 58.9 Å². The van der Waals surface area contributed by atoms with Gasteiger partial charge < -0.3 is 20.1 Å². The third-order valence-corrected chi connectivity index (χ3v) is 8.17. The topological polar surface area (TPSA) is 99.2 Å². The van der Waals surface area contributed by atoms with Crippen molar-refractivity contribution >= 4 is 30.0 Å². The second kappa shape index (κ2) is 10.1. The van der Waals surface area contributed by atoms with Crippen LogP contribution in [0.4, 0.5) is 0 Å². The number of amides is 2. The van der Waals surface area contributed by atoms with E-state index in [1.807, 2.05) is 6.26 Å². The number of ether oxygens (including phenoxy) is 1. The van der Waals surface area contributed by atoms with Crippen LogP contribution in [0.1, 0.15) is 46.0 Å². The third-order valence-electron chi connectivity index (χ3n) is 7.56. The van der Waals surface area contributed by atoms with E-state index in [0.29, 0.717) is 24.8 Å². The van der Waals surface area contributed by atoms with Gasteiger partial charge in [0.25, 0.3) is 6.47 Å². The molecule has 4 atom stereocenters. The fraction of sp³-hybridized carbons (Fsp3) is 0.864. The SMILES string of the molecule is CSCCC(=O)NC[C@H]1[C@H]2CN(C(=O)C(C)(C)N3CCCC3)C[C@]23CC[C@H]1O3.O=CO. The maximum Gasteiger partial charge on any atom is 0.290 e. The van der Waals surface area contributed by atoms with Crippen LogP contribution >= 0.6 is 11.8 Å². The third kappa shape index (κ3) is 4.88. The van der Waals surface area contributed by atoms with Crippen LogP contribution in [0.15, 0.2) is 0 Å². The highest BCUT2D eigenvalue weighted by molar-refractivity contribution is 7.98. The molecule has 0 saturated carbocycles. The molecule has 2 bridgehead atoms. The molecule has 0 aromatic carbocycles. The zero-order chi connectivity index (χ0) is 22.6. The van der Waals surface area contributed by atoms with E-state index in [2.05, 4.69) is 29.0 Å². The van der Waals surface area contributed by atoms with Crippen molar-refractivity contribution in [2.75, 3.05) is 44.7 Å². The molecule has 4 rings (SSSR count). The molecule has 9 heteroatoms. The first-order chi connectivity index (χ1) is 14.8. The molecule has 0 aromatic heterocycles. The molecule has 2 N–H and O–H groups in total. The molecule has 2 amide bonds. The lowest BCUT2D eigenvalue weighted by atomic mass is 9.73. The lowest BCUT2D eigenvalue weighted by Crippen LogP contribution is -2.55. The highest BCUT2D eigenvalue weighted by Crippen LogP contribution is 2.55. The summed E-state index contributed by atoms with van der Waals surface area (Å²) in [4.78, 5) is 38.2. The largest absolute Gasteiger partial charge is 0.483 e. The quantitative estimate of drug-likeness (QED) is 0.561. The molecule has 0 unspecified atom stereocenters. The van der Waals surface area contributed by atoms with Gasteiger partial charge in [0.2, 0.25) is 11.8 Å². The molecule has 0 radical (unpaired) electrons. The number of thioether (sulfide) groups is 1. The summed E-state index contributed by atoms with van der Waals surface area (Å²) in [6.45, 7) is 8.12. The number of hydrogen-bond acceptors (Lipinski definition) is 6. The van der Waals surface area contributed by atoms with E-state index in [1.54, 1.807) is 11.8 Å². The normalized spacial score (nSPS) is 31.8. The summed E-state index contributed by atoms with van der Waals surface area (Å²) in [6.07, 6.45) is 7.32. The molecule has 176 valence electrons. The molecule has 1 spiro atoms. The number of likely N-dealkylation sites (tertiary alicyclic amines) is 2. The van der Waals surface area contributed by atoms with Crippen LogP contribution in [0.2, 0.25) is 0 Å². The molecule has 31 heavy (non-hydrogen) atoms.